The molecule has 18 heavy (non-hydrogen) atoms. The van der Waals surface area contributed by atoms with Crippen molar-refractivity contribution in [2.24, 2.45) is 0 Å². The molecule has 1 aromatic carbocycles. The van der Waals surface area contributed by atoms with Crippen LogP contribution in [-0.4, -0.2) is 35.6 Å². The lowest BCUT2D eigenvalue weighted by atomic mass is 10.1. The fourth-order valence-electron chi connectivity index (χ4n) is 2.24. The second kappa shape index (κ2) is 5.82. The summed E-state index contributed by atoms with van der Waals surface area (Å²) in [6.45, 7) is 5.26. The number of nitrogens with zero attached hydrogens (tertiary/aromatic N) is 2. The lowest BCUT2D eigenvalue weighted by molar-refractivity contribution is -0.384. The minimum atomic E-state index is -0.400. The van der Waals surface area contributed by atoms with Gasteiger partial charge in [-0.05, 0) is 38.1 Å². The van der Waals surface area contributed by atoms with E-state index in [2.05, 4.69) is 11.8 Å². The van der Waals surface area contributed by atoms with Gasteiger partial charge < -0.3 is 4.74 Å². The van der Waals surface area contributed by atoms with Crippen LogP contribution in [0.3, 0.4) is 0 Å². The van der Waals surface area contributed by atoms with E-state index in [-0.39, 0.29) is 11.8 Å². The maximum absolute atomic E-state index is 10.5. The minimum absolute atomic E-state index is 0.0983. The first-order valence-corrected chi connectivity index (χ1v) is 6.32. The van der Waals surface area contributed by atoms with Gasteiger partial charge in [0, 0.05) is 18.7 Å². The number of ether oxygens (including phenoxy) is 1. The van der Waals surface area contributed by atoms with Gasteiger partial charge in [0.1, 0.15) is 11.9 Å². The fourth-order valence-corrected chi connectivity index (χ4v) is 2.24. The number of nitro benzene ring substituents is 1. The van der Waals surface area contributed by atoms with Crippen molar-refractivity contribution in [3.63, 3.8) is 0 Å². The van der Waals surface area contributed by atoms with E-state index in [9.17, 15) is 10.1 Å². The summed E-state index contributed by atoms with van der Waals surface area (Å²) in [6.07, 6.45) is 2.39. The maximum atomic E-state index is 10.5. The minimum Gasteiger partial charge on any atom is -0.489 e. The molecule has 1 saturated heterocycles. The topological polar surface area (TPSA) is 55.6 Å². The quantitative estimate of drug-likeness (QED) is 0.608. The van der Waals surface area contributed by atoms with Crippen LogP contribution >= 0.6 is 0 Å². The Labute approximate surface area is 107 Å². The summed E-state index contributed by atoms with van der Waals surface area (Å²) in [5.74, 6) is 0.712. The van der Waals surface area contributed by atoms with Crippen LogP contribution in [0.15, 0.2) is 24.3 Å². The Hall–Kier alpha value is -1.62. The molecule has 1 aliphatic heterocycles. The summed E-state index contributed by atoms with van der Waals surface area (Å²) in [5, 5.41) is 10.5. The normalized spacial score (nSPS) is 20.6. The third-order valence-electron chi connectivity index (χ3n) is 3.26. The highest BCUT2D eigenvalue weighted by molar-refractivity contribution is 5.36. The van der Waals surface area contributed by atoms with Gasteiger partial charge in [-0.1, -0.05) is 6.92 Å². The zero-order chi connectivity index (χ0) is 13.0. The van der Waals surface area contributed by atoms with Gasteiger partial charge in [-0.15, -0.1) is 0 Å². The molecular formula is C13H18N2O3. The van der Waals surface area contributed by atoms with Gasteiger partial charge in [0.25, 0.3) is 5.69 Å². The molecule has 1 heterocycles. The zero-order valence-electron chi connectivity index (χ0n) is 10.5. The molecule has 1 aromatic rings. The fraction of sp³-hybridized carbons (Fsp3) is 0.538. The Morgan fingerprint density at radius 3 is 2.78 bits per heavy atom. The number of likely N-dealkylation sites (tertiary alicyclic amines) is 1. The second-order valence-electron chi connectivity index (χ2n) is 4.53. The summed E-state index contributed by atoms with van der Waals surface area (Å²) in [6, 6.07) is 6.30. The molecule has 1 unspecified atom stereocenters. The van der Waals surface area contributed by atoms with E-state index >= 15 is 0 Å². The number of hydrogen-bond donors (Lipinski definition) is 0. The smallest absolute Gasteiger partial charge is 0.269 e. The molecule has 0 N–H and O–H groups in total. The van der Waals surface area contributed by atoms with Gasteiger partial charge in [0.15, 0.2) is 0 Å². The predicted octanol–water partition coefficient (Wildman–Crippen LogP) is 2.46. The first kappa shape index (κ1) is 12.8. The van der Waals surface area contributed by atoms with Crippen LogP contribution in [0.1, 0.15) is 19.8 Å². The average molecular weight is 250 g/mol. The highest BCUT2D eigenvalue weighted by Gasteiger charge is 2.20. The van der Waals surface area contributed by atoms with E-state index in [1.807, 2.05) is 0 Å². The number of nitro groups is 1. The third kappa shape index (κ3) is 3.20. The first-order valence-electron chi connectivity index (χ1n) is 6.32. The molecule has 98 valence electrons. The van der Waals surface area contributed by atoms with Gasteiger partial charge in [-0.3, -0.25) is 15.0 Å². The van der Waals surface area contributed by atoms with Crippen LogP contribution < -0.4 is 4.74 Å². The maximum Gasteiger partial charge on any atom is 0.269 e. The molecule has 0 amide bonds. The number of hydrogen-bond acceptors (Lipinski definition) is 4. The van der Waals surface area contributed by atoms with E-state index in [0.717, 1.165) is 32.5 Å². The Kier molecular flexibility index (Phi) is 4.15. The van der Waals surface area contributed by atoms with E-state index in [4.69, 9.17) is 4.74 Å². The average Bonchev–Trinajstić information content (AvgIpc) is 2.39. The lowest BCUT2D eigenvalue weighted by Crippen LogP contribution is -2.40. The molecular weight excluding hydrogens is 232 g/mol. The molecule has 5 nitrogen and oxygen atoms in total. The van der Waals surface area contributed by atoms with Crippen LogP contribution in [0.25, 0.3) is 0 Å². The van der Waals surface area contributed by atoms with E-state index in [0.29, 0.717) is 5.75 Å². The zero-order valence-corrected chi connectivity index (χ0v) is 10.5. The molecule has 1 fully saturated rings. The molecule has 0 saturated carbocycles. The van der Waals surface area contributed by atoms with E-state index < -0.39 is 4.92 Å². The number of likely N-dealkylation sites (N-methyl/N-ethyl adjacent to an activating group) is 1. The molecule has 0 aromatic heterocycles. The summed E-state index contributed by atoms with van der Waals surface area (Å²) in [7, 11) is 0. The van der Waals surface area contributed by atoms with E-state index in [1.165, 1.54) is 12.1 Å². The van der Waals surface area contributed by atoms with Crippen molar-refractivity contribution in [3.05, 3.63) is 34.4 Å². The SMILES string of the molecule is CCN1CCCC(Oc2ccc([N+](=O)[O-])cc2)C1. The van der Waals surface area contributed by atoms with Gasteiger partial charge in [0.05, 0.1) is 4.92 Å². The van der Waals surface area contributed by atoms with Gasteiger partial charge >= 0.3 is 0 Å². The van der Waals surface area contributed by atoms with Crippen molar-refractivity contribution >= 4 is 5.69 Å². The summed E-state index contributed by atoms with van der Waals surface area (Å²) < 4.78 is 5.86. The second-order valence-corrected chi connectivity index (χ2v) is 4.53. The lowest BCUT2D eigenvalue weighted by Gasteiger charge is -2.31. The van der Waals surface area contributed by atoms with Crippen molar-refractivity contribution in [3.8, 4) is 5.75 Å². The predicted molar refractivity (Wildman–Crippen MR) is 68.9 cm³/mol. The highest BCUT2D eigenvalue weighted by Crippen LogP contribution is 2.21. The van der Waals surface area contributed by atoms with Crippen molar-refractivity contribution in [2.75, 3.05) is 19.6 Å². The Balaban J connectivity index is 1.94. The molecule has 2 rings (SSSR count). The van der Waals surface area contributed by atoms with Gasteiger partial charge in [-0.25, -0.2) is 0 Å². The Morgan fingerprint density at radius 2 is 2.17 bits per heavy atom. The van der Waals surface area contributed by atoms with Crippen LogP contribution in [0.5, 0.6) is 5.75 Å². The summed E-state index contributed by atoms with van der Waals surface area (Å²) in [5.41, 5.74) is 0.0983. The largest absolute Gasteiger partial charge is 0.489 e. The van der Waals surface area contributed by atoms with Crippen LogP contribution in [0.2, 0.25) is 0 Å². The summed E-state index contributed by atoms with van der Waals surface area (Å²) >= 11 is 0. The van der Waals surface area contributed by atoms with Crippen molar-refractivity contribution < 1.29 is 9.66 Å². The number of non-ortho nitro benzene ring substituents is 1. The van der Waals surface area contributed by atoms with Crippen molar-refractivity contribution in [1.82, 2.24) is 4.90 Å². The molecule has 0 aliphatic carbocycles. The molecule has 0 bridgehead atoms. The monoisotopic (exact) mass is 250 g/mol. The number of piperidine rings is 1. The molecule has 0 spiro atoms. The van der Waals surface area contributed by atoms with E-state index in [1.54, 1.807) is 12.1 Å². The molecule has 0 radical (unpaired) electrons. The van der Waals surface area contributed by atoms with Gasteiger partial charge in [0.2, 0.25) is 0 Å². The standard InChI is InChI=1S/C13H18N2O3/c1-2-14-9-3-4-13(10-14)18-12-7-5-11(6-8-12)15(16)17/h5-8,13H,2-4,9-10H2,1H3. The Bertz CT molecular complexity index is 405. The Morgan fingerprint density at radius 1 is 1.44 bits per heavy atom. The number of rotatable bonds is 4. The van der Waals surface area contributed by atoms with Crippen LogP contribution in [0.4, 0.5) is 5.69 Å². The van der Waals surface area contributed by atoms with Crippen LogP contribution in [0, 0.1) is 10.1 Å². The first-order chi connectivity index (χ1) is 8.69. The van der Waals surface area contributed by atoms with Gasteiger partial charge in [-0.2, -0.15) is 0 Å². The molecule has 1 aliphatic rings. The van der Waals surface area contributed by atoms with Crippen molar-refractivity contribution in [2.45, 2.75) is 25.9 Å². The number of benzene rings is 1. The summed E-state index contributed by atoms with van der Waals surface area (Å²) in [4.78, 5) is 12.5. The molecule has 5 heteroatoms. The highest BCUT2D eigenvalue weighted by atomic mass is 16.6. The molecule has 1 atom stereocenters. The van der Waals surface area contributed by atoms with Crippen LogP contribution in [-0.2, 0) is 0 Å². The third-order valence-corrected chi connectivity index (χ3v) is 3.26. The van der Waals surface area contributed by atoms with Crippen molar-refractivity contribution in [1.29, 1.82) is 0 Å².